The summed E-state index contributed by atoms with van der Waals surface area (Å²) in [6.45, 7) is 0. The zero-order valence-corrected chi connectivity index (χ0v) is 15.7. The van der Waals surface area contributed by atoms with Gasteiger partial charge in [-0.15, -0.1) is 0 Å². The molecule has 0 saturated heterocycles. The van der Waals surface area contributed by atoms with Crippen LogP contribution in [0.1, 0.15) is 17.2 Å². The molecule has 1 atom stereocenters. The van der Waals surface area contributed by atoms with Gasteiger partial charge in [0.15, 0.2) is 9.84 Å². The molecule has 0 radical (unpaired) electrons. The topological polar surface area (TPSA) is 37.4 Å². The minimum Gasteiger partial charge on any atom is -0.353 e. The van der Waals surface area contributed by atoms with E-state index in [2.05, 4.69) is 29.2 Å². The first-order chi connectivity index (χ1) is 13.1. The van der Waals surface area contributed by atoms with Gasteiger partial charge in [0.05, 0.1) is 17.8 Å². The van der Waals surface area contributed by atoms with E-state index < -0.39 is 9.84 Å². The predicted octanol–water partition coefficient (Wildman–Crippen LogP) is 4.59. The third kappa shape index (κ3) is 3.81. The van der Waals surface area contributed by atoms with Crippen molar-refractivity contribution < 1.29 is 8.42 Å². The molecule has 0 N–H and O–H groups in total. The van der Waals surface area contributed by atoms with E-state index in [0.717, 1.165) is 16.8 Å². The molecular weight excluding hydrogens is 354 g/mol. The zero-order chi connectivity index (χ0) is 18.7. The normalized spacial score (nSPS) is 17.9. The molecule has 27 heavy (non-hydrogen) atoms. The Balaban J connectivity index is 1.88. The molecule has 3 aromatic carbocycles. The van der Waals surface area contributed by atoms with E-state index in [1.54, 1.807) is 6.08 Å². The number of anilines is 1. The van der Waals surface area contributed by atoms with Gasteiger partial charge in [-0.25, -0.2) is 8.42 Å². The van der Waals surface area contributed by atoms with Gasteiger partial charge in [-0.2, -0.15) is 0 Å². The van der Waals surface area contributed by atoms with Crippen LogP contribution in [-0.4, -0.2) is 20.2 Å². The Morgan fingerprint density at radius 3 is 1.67 bits per heavy atom. The monoisotopic (exact) mass is 375 g/mol. The van der Waals surface area contributed by atoms with Crippen molar-refractivity contribution >= 4 is 15.5 Å². The molecular formula is C23H21NO2S. The molecule has 4 heteroatoms. The average molecular weight is 375 g/mol. The Morgan fingerprint density at radius 2 is 1.22 bits per heavy atom. The summed E-state index contributed by atoms with van der Waals surface area (Å²) < 4.78 is 24.3. The minimum absolute atomic E-state index is 0.0854. The van der Waals surface area contributed by atoms with Gasteiger partial charge in [-0.1, -0.05) is 78.9 Å². The van der Waals surface area contributed by atoms with E-state index in [0.29, 0.717) is 0 Å². The van der Waals surface area contributed by atoms with E-state index in [-0.39, 0.29) is 17.8 Å². The lowest BCUT2D eigenvalue weighted by Crippen LogP contribution is -2.40. The lowest BCUT2D eigenvalue weighted by Gasteiger charge is -2.38. The SMILES string of the molecule is O=S1(=O)C=C[C@H](N(c2ccccc2)C(c2ccccc2)c2ccccc2)C1. The fourth-order valence-corrected chi connectivity index (χ4v) is 4.93. The van der Waals surface area contributed by atoms with E-state index >= 15 is 0 Å². The first-order valence-electron chi connectivity index (χ1n) is 8.98. The van der Waals surface area contributed by atoms with Crippen molar-refractivity contribution in [1.82, 2.24) is 0 Å². The van der Waals surface area contributed by atoms with Crippen molar-refractivity contribution in [3.63, 3.8) is 0 Å². The minimum atomic E-state index is -3.17. The molecule has 0 aliphatic carbocycles. The van der Waals surface area contributed by atoms with Gasteiger partial charge in [-0.3, -0.25) is 0 Å². The van der Waals surface area contributed by atoms with Gasteiger partial charge >= 0.3 is 0 Å². The lowest BCUT2D eigenvalue weighted by atomic mass is 9.95. The van der Waals surface area contributed by atoms with Gasteiger partial charge in [-0.05, 0) is 29.3 Å². The Morgan fingerprint density at radius 1 is 0.741 bits per heavy atom. The van der Waals surface area contributed by atoms with E-state index in [1.165, 1.54) is 5.41 Å². The molecule has 0 saturated carbocycles. The fraction of sp³-hybridized carbons (Fsp3) is 0.130. The summed E-state index contributed by atoms with van der Waals surface area (Å²) in [5.41, 5.74) is 3.26. The van der Waals surface area contributed by atoms with Crippen LogP contribution >= 0.6 is 0 Å². The van der Waals surface area contributed by atoms with Gasteiger partial charge in [0.25, 0.3) is 0 Å². The molecule has 3 aromatic rings. The first kappa shape index (κ1) is 17.6. The Bertz CT molecular complexity index is 976. The third-order valence-corrected chi connectivity index (χ3v) is 6.21. The molecule has 3 nitrogen and oxygen atoms in total. The Labute approximate surface area is 160 Å². The zero-order valence-electron chi connectivity index (χ0n) is 14.8. The van der Waals surface area contributed by atoms with E-state index in [4.69, 9.17) is 0 Å². The second-order valence-corrected chi connectivity index (χ2v) is 8.62. The maximum absolute atomic E-state index is 12.2. The summed E-state index contributed by atoms with van der Waals surface area (Å²) in [5, 5.41) is 1.35. The summed E-state index contributed by atoms with van der Waals surface area (Å²) in [5.74, 6) is 0.0953. The molecule has 136 valence electrons. The van der Waals surface area contributed by atoms with Crippen LogP contribution < -0.4 is 4.90 Å². The molecule has 0 spiro atoms. The van der Waals surface area contributed by atoms with Crippen molar-refractivity contribution in [1.29, 1.82) is 0 Å². The number of hydrogen-bond acceptors (Lipinski definition) is 3. The van der Waals surface area contributed by atoms with Gasteiger partial charge in [0.2, 0.25) is 0 Å². The molecule has 0 fully saturated rings. The summed E-state index contributed by atoms with van der Waals surface area (Å²) in [6.07, 6.45) is 1.81. The highest BCUT2D eigenvalue weighted by Gasteiger charge is 2.33. The number of rotatable bonds is 5. The maximum atomic E-state index is 12.2. The molecule has 0 aromatic heterocycles. The maximum Gasteiger partial charge on any atom is 0.173 e. The second-order valence-electron chi connectivity index (χ2n) is 6.69. The Hall–Kier alpha value is -2.85. The van der Waals surface area contributed by atoms with E-state index in [9.17, 15) is 8.42 Å². The molecule has 0 amide bonds. The smallest absolute Gasteiger partial charge is 0.173 e. The highest BCUT2D eigenvalue weighted by molar-refractivity contribution is 7.94. The van der Waals surface area contributed by atoms with Gasteiger partial charge < -0.3 is 4.90 Å². The number of nitrogens with zero attached hydrogens (tertiary/aromatic N) is 1. The van der Waals surface area contributed by atoms with Crippen LogP contribution in [0, 0.1) is 0 Å². The molecule has 1 aliphatic rings. The fourth-order valence-electron chi connectivity index (χ4n) is 3.65. The van der Waals surface area contributed by atoms with Crippen LogP contribution in [0.3, 0.4) is 0 Å². The molecule has 0 bridgehead atoms. The predicted molar refractivity (Wildman–Crippen MR) is 110 cm³/mol. The number of benzene rings is 3. The summed E-state index contributed by atoms with van der Waals surface area (Å²) in [7, 11) is -3.17. The number of para-hydroxylation sites is 1. The van der Waals surface area contributed by atoms with Crippen molar-refractivity contribution in [3.8, 4) is 0 Å². The molecule has 0 unspecified atom stereocenters. The Kier molecular flexibility index (Phi) is 4.82. The van der Waals surface area contributed by atoms with Crippen molar-refractivity contribution in [2.24, 2.45) is 0 Å². The number of hydrogen-bond donors (Lipinski definition) is 0. The summed E-state index contributed by atoms with van der Waals surface area (Å²) in [6, 6.07) is 30.2. The highest BCUT2D eigenvalue weighted by Crippen LogP contribution is 2.36. The van der Waals surface area contributed by atoms with Crippen molar-refractivity contribution in [2.45, 2.75) is 12.1 Å². The van der Waals surface area contributed by atoms with Crippen LogP contribution in [0.4, 0.5) is 5.69 Å². The van der Waals surface area contributed by atoms with Gasteiger partial charge in [0.1, 0.15) is 0 Å². The van der Waals surface area contributed by atoms with Crippen LogP contribution in [0.2, 0.25) is 0 Å². The van der Waals surface area contributed by atoms with E-state index in [1.807, 2.05) is 66.7 Å². The van der Waals surface area contributed by atoms with Crippen LogP contribution in [0.5, 0.6) is 0 Å². The number of sulfone groups is 1. The third-order valence-electron chi connectivity index (χ3n) is 4.83. The van der Waals surface area contributed by atoms with Crippen LogP contribution in [0.15, 0.2) is 102 Å². The first-order valence-corrected chi connectivity index (χ1v) is 10.7. The summed E-state index contributed by atoms with van der Waals surface area (Å²) >= 11 is 0. The quantitative estimate of drug-likeness (QED) is 0.654. The second kappa shape index (κ2) is 7.41. The van der Waals surface area contributed by atoms with Gasteiger partial charge in [0, 0.05) is 11.1 Å². The van der Waals surface area contributed by atoms with Crippen molar-refractivity contribution in [2.75, 3.05) is 10.7 Å². The highest BCUT2D eigenvalue weighted by atomic mass is 32.2. The molecule has 4 rings (SSSR count). The molecule has 1 heterocycles. The largest absolute Gasteiger partial charge is 0.353 e. The van der Waals surface area contributed by atoms with Crippen molar-refractivity contribution in [3.05, 3.63) is 114 Å². The summed E-state index contributed by atoms with van der Waals surface area (Å²) in [4.78, 5) is 2.21. The standard InChI is InChI=1S/C23H21NO2S/c25-27(26)17-16-22(18-27)24(21-14-8-3-9-15-21)23(19-10-4-1-5-11-19)20-12-6-2-7-13-20/h1-17,22-23H,18H2/t22-/m0/s1. The molecule has 1 aliphatic heterocycles. The lowest BCUT2D eigenvalue weighted by molar-refractivity contribution is 0.597. The van der Waals surface area contributed by atoms with Crippen LogP contribution in [-0.2, 0) is 9.84 Å². The van der Waals surface area contributed by atoms with Crippen LogP contribution in [0.25, 0.3) is 0 Å². The average Bonchev–Trinajstić information content (AvgIpc) is 3.07.